The van der Waals surface area contributed by atoms with Crippen molar-refractivity contribution in [2.45, 2.75) is 45.8 Å². The third-order valence-corrected chi connectivity index (χ3v) is 2.21. The number of hydrogen-bond donors (Lipinski definition) is 0. The molecule has 0 aliphatic heterocycles. The Kier molecular flexibility index (Phi) is 5.87. The van der Waals surface area contributed by atoms with Crippen LogP contribution in [-0.4, -0.2) is 30.1 Å². The molecule has 1 aliphatic carbocycles. The topological polar surface area (TPSA) is 49.4 Å². The highest BCUT2D eigenvalue weighted by Crippen LogP contribution is 2.20. The van der Waals surface area contributed by atoms with Gasteiger partial charge in [-0.05, 0) is 39.3 Å². The van der Waals surface area contributed by atoms with Gasteiger partial charge in [0, 0.05) is 0 Å². The van der Waals surface area contributed by atoms with Crippen LogP contribution in [-0.2, 0) is 0 Å². The molecule has 0 bridgehead atoms. The van der Waals surface area contributed by atoms with Gasteiger partial charge in [0.05, 0.1) is 29.8 Å². The molecular formula is C15H20N4. The lowest BCUT2D eigenvalue weighted by Crippen LogP contribution is -2.11. The summed E-state index contributed by atoms with van der Waals surface area (Å²) in [4.78, 5) is 16.7. The molecule has 0 amide bonds. The molecule has 0 aromatic rings. The van der Waals surface area contributed by atoms with E-state index in [4.69, 9.17) is 0 Å². The predicted molar refractivity (Wildman–Crippen MR) is 80.1 cm³/mol. The van der Waals surface area contributed by atoms with Gasteiger partial charge in [0.1, 0.15) is 6.04 Å². The molecule has 0 N–H and O–H groups in total. The fourth-order valence-electron chi connectivity index (χ4n) is 1.30. The Morgan fingerprint density at radius 3 is 2.37 bits per heavy atom. The first kappa shape index (κ1) is 15.0. The summed E-state index contributed by atoms with van der Waals surface area (Å²) in [5, 5.41) is 0. The maximum Gasteiger partial charge on any atom is 0.128 e. The number of nitrogens with zero attached hydrogens (tertiary/aromatic N) is 4. The first-order chi connectivity index (χ1) is 9.00. The summed E-state index contributed by atoms with van der Waals surface area (Å²) in [5.41, 5.74) is 1.61. The Bertz CT molecular complexity index is 508. The van der Waals surface area contributed by atoms with Crippen LogP contribution in [0.2, 0.25) is 0 Å². The van der Waals surface area contributed by atoms with Crippen molar-refractivity contribution in [2.75, 3.05) is 0 Å². The highest BCUT2D eigenvalue weighted by atomic mass is 14.9. The van der Waals surface area contributed by atoms with Gasteiger partial charge in [0.15, 0.2) is 0 Å². The van der Waals surface area contributed by atoms with E-state index >= 15 is 0 Å². The maximum absolute atomic E-state index is 4.27. The average molecular weight is 256 g/mol. The molecule has 100 valence electrons. The van der Waals surface area contributed by atoms with Crippen LogP contribution in [0.15, 0.2) is 56.0 Å². The van der Waals surface area contributed by atoms with E-state index in [1.54, 1.807) is 0 Å². The molecule has 19 heavy (non-hydrogen) atoms. The number of hydrogen-bond acceptors (Lipinski definition) is 4. The van der Waals surface area contributed by atoms with E-state index in [0.717, 1.165) is 11.3 Å². The van der Waals surface area contributed by atoms with Crippen LogP contribution < -0.4 is 0 Å². The van der Waals surface area contributed by atoms with Crippen LogP contribution in [0.25, 0.3) is 0 Å². The monoisotopic (exact) mass is 256 g/mol. The van der Waals surface area contributed by atoms with Crippen LogP contribution in [0.4, 0.5) is 0 Å². The van der Waals surface area contributed by atoms with E-state index in [-0.39, 0.29) is 18.1 Å². The molecule has 1 unspecified atom stereocenters. The number of aliphatic imine (C=N–C) groups is 4. The third kappa shape index (κ3) is 5.43. The molecule has 1 atom stereocenters. The zero-order valence-electron chi connectivity index (χ0n) is 12.0. The normalized spacial score (nSPS) is 17.7. The zero-order valence-corrected chi connectivity index (χ0v) is 12.0. The summed E-state index contributed by atoms with van der Waals surface area (Å²) in [6.45, 7) is 11.9. The van der Waals surface area contributed by atoms with Crippen molar-refractivity contribution in [2.24, 2.45) is 20.0 Å². The molecule has 0 heterocycles. The Labute approximate surface area is 114 Å². The van der Waals surface area contributed by atoms with Gasteiger partial charge in [-0.15, -0.1) is 0 Å². The van der Waals surface area contributed by atoms with Crippen molar-refractivity contribution in [1.82, 2.24) is 0 Å². The smallest absolute Gasteiger partial charge is 0.128 e. The standard InChI is InChI=1S/C15H20N4/c1-11(2)16-9-18-14-8-6-7-13(5)15(14)19-10-17-12(3)4/h6-8,11-12,15H,5H2,1-4H3. The maximum atomic E-state index is 4.27. The van der Waals surface area contributed by atoms with E-state index in [1.807, 2.05) is 45.9 Å². The van der Waals surface area contributed by atoms with Crippen LogP contribution in [0.5, 0.6) is 0 Å². The van der Waals surface area contributed by atoms with Crippen molar-refractivity contribution in [3.63, 3.8) is 0 Å². The predicted octanol–water partition coefficient (Wildman–Crippen LogP) is 3.53. The van der Waals surface area contributed by atoms with Crippen molar-refractivity contribution < 1.29 is 0 Å². The minimum absolute atomic E-state index is 0.176. The van der Waals surface area contributed by atoms with Gasteiger partial charge < -0.3 is 0 Å². The second-order valence-corrected chi connectivity index (χ2v) is 4.81. The molecule has 0 radical (unpaired) electrons. The van der Waals surface area contributed by atoms with Gasteiger partial charge in [-0.1, -0.05) is 18.7 Å². The minimum atomic E-state index is -0.248. The molecule has 4 heteroatoms. The largest absolute Gasteiger partial charge is 0.223 e. The van der Waals surface area contributed by atoms with Crippen molar-refractivity contribution in [1.29, 1.82) is 0 Å². The Balaban J connectivity index is 2.96. The van der Waals surface area contributed by atoms with Gasteiger partial charge >= 0.3 is 0 Å². The lowest BCUT2D eigenvalue weighted by atomic mass is 10.0. The van der Waals surface area contributed by atoms with Gasteiger partial charge in [0.25, 0.3) is 0 Å². The molecule has 0 saturated carbocycles. The fourth-order valence-corrected chi connectivity index (χ4v) is 1.30. The number of allylic oxidation sites excluding steroid dienone is 2. The van der Waals surface area contributed by atoms with Crippen molar-refractivity contribution >= 4 is 12.0 Å². The summed E-state index contributed by atoms with van der Waals surface area (Å²) < 4.78 is 0. The minimum Gasteiger partial charge on any atom is -0.223 e. The van der Waals surface area contributed by atoms with Gasteiger partial charge in [-0.3, -0.25) is 0 Å². The first-order valence-corrected chi connectivity index (χ1v) is 6.38. The zero-order chi connectivity index (χ0) is 14.3. The first-order valence-electron chi connectivity index (χ1n) is 6.38. The molecular weight excluding hydrogens is 236 g/mol. The van der Waals surface area contributed by atoms with E-state index < -0.39 is 0 Å². The molecule has 0 aromatic heterocycles. The van der Waals surface area contributed by atoms with E-state index in [9.17, 15) is 0 Å². The average Bonchev–Trinajstić information content (AvgIpc) is 2.31. The van der Waals surface area contributed by atoms with Crippen LogP contribution in [0.1, 0.15) is 27.7 Å². The molecule has 0 fully saturated rings. The van der Waals surface area contributed by atoms with E-state index in [1.165, 1.54) is 0 Å². The Morgan fingerprint density at radius 2 is 1.74 bits per heavy atom. The second-order valence-electron chi connectivity index (χ2n) is 4.81. The Morgan fingerprint density at radius 1 is 1.11 bits per heavy atom. The summed E-state index contributed by atoms with van der Waals surface area (Å²) in [6, 6.07) is 5.51. The summed E-state index contributed by atoms with van der Waals surface area (Å²) in [7, 11) is 0. The molecule has 0 spiro atoms. The van der Waals surface area contributed by atoms with Crippen LogP contribution in [0.3, 0.4) is 0 Å². The molecule has 1 rings (SSSR count). The summed E-state index contributed by atoms with van der Waals surface area (Å²) >= 11 is 0. The molecule has 4 nitrogen and oxygen atoms in total. The van der Waals surface area contributed by atoms with Crippen LogP contribution in [0, 0.1) is 0 Å². The van der Waals surface area contributed by atoms with Gasteiger partial charge in [-0.25, -0.2) is 15.0 Å². The summed E-state index contributed by atoms with van der Waals surface area (Å²) in [5.74, 6) is 0. The number of rotatable bonds is 4. The van der Waals surface area contributed by atoms with Gasteiger partial charge in [0.2, 0.25) is 0 Å². The van der Waals surface area contributed by atoms with Crippen molar-refractivity contribution in [3.05, 3.63) is 36.1 Å². The van der Waals surface area contributed by atoms with Crippen LogP contribution >= 0.6 is 0 Å². The molecule has 0 saturated heterocycles. The Hall–Kier alpha value is -2.02. The highest BCUT2D eigenvalue weighted by Gasteiger charge is 2.16. The van der Waals surface area contributed by atoms with E-state index in [0.29, 0.717) is 0 Å². The quantitative estimate of drug-likeness (QED) is 0.691. The lowest BCUT2D eigenvalue weighted by Gasteiger charge is -2.13. The highest BCUT2D eigenvalue weighted by molar-refractivity contribution is 5.52. The van der Waals surface area contributed by atoms with Crippen molar-refractivity contribution in [3.8, 4) is 0 Å². The second kappa shape index (κ2) is 7.42. The third-order valence-electron chi connectivity index (χ3n) is 2.21. The van der Waals surface area contributed by atoms with Gasteiger partial charge in [-0.2, -0.15) is 4.99 Å². The SMILES string of the molecule is C=C1C=CC=C(N=C=NC(C)C)C1N=C=NC(C)C. The molecule has 1 aliphatic rings. The fraction of sp³-hybridized carbons (Fsp3) is 0.467. The lowest BCUT2D eigenvalue weighted by molar-refractivity contribution is 0.831. The summed E-state index contributed by atoms with van der Waals surface area (Å²) in [6.07, 6.45) is 5.68. The molecule has 0 aromatic carbocycles. The van der Waals surface area contributed by atoms with E-state index in [2.05, 4.69) is 38.6 Å².